The molecule has 0 unspecified atom stereocenters. The van der Waals surface area contributed by atoms with E-state index in [2.05, 4.69) is 20.7 Å². The predicted molar refractivity (Wildman–Crippen MR) is 86.7 cm³/mol. The van der Waals surface area contributed by atoms with E-state index < -0.39 is 5.97 Å². The molecule has 1 aromatic carbocycles. The summed E-state index contributed by atoms with van der Waals surface area (Å²) in [7, 11) is 1.25. The molecule has 1 aromatic rings. The lowest BCUT2D eigenvalue weighted by Gasteiger charge is -2.19. The first-order valence-corrected chi connectivity index (χ1v) is 7.27. The Bertz CT molecular complexity index is 608. The van der Waals surface area contributed by atoms with Crippen LogP contribution in [0.5, 0.6) is 11.5 Å². The summed E-state index contributed by atoms with van der Waals surface area (Å²) >= 11 is 5.10. The number of amides is 1. The Morgan fingerprint density at radius 1 is 1.17 bits per heavy atom. The number of hydrogen-bond acceptors (Lipinski definition) is 6. The molecule has 0 atom stereocenters. The smallest absolute Gasteiger partial charge is 0.325 e. The molecule has 124 valence electrons. The van der Waals surface area contributed by atoms with E-state index in [1.807, 2.05) is 0 Å². The Morgan fingerprint density at radius 2 is 1.91 bits per heavy atom. The molecular formula is C14H17N3O5S. The van der Waals surface area contributed by atoms with Crippen molar-refractivity contribution in [3.8, 4) is 11.5 Å². The zero-order valence-corrected chi connectivity index (χ0v) is 13.3. The number of hydrogen-bond donors (Lipinski definition) is 3. The third-order valence-corrected chi connectivity index (χ3v) is 3.11. The Balaban J connectivity index is 1.76. The second-order valence-corrected chi connectivity index (χ2v) is 4.93. The summed E-state index contributed by atoms with van der Waals surface area (Å²) in [4.78, 5) is 22.4. The Labute approximate surface area is 138 Å². The lowest BCUT2D eigenvalue weighted by molar-refractivity contribution is -0.141. The quantitative estimate of drug-likeness (QED) is 0.511. The van der Waals surface area contributed by atoms with Crippen molar-refractivity contribution in [2.75, 3.05) is 38.7 Å². The first kappa shape index (κ1) is 16.8. The van der Waals surface area contributed by atoms with Gasteiger partial charge in [0.1, 0.15) is 19.8 Å². The van der Waals surface area contributed by atoms with E-state index in [1.54, 1.807) is 18.2 Å². The lowest BCUT2D eigenvalue weighted by atomic mass is 10.2. The minimum absolute atomic E-state index is 0.0621. The molecule has 3 N–H and O–H groups in total. The normalized spacial score (nSPS) is 12.0. The van der Waals surface area contributed by atoms with E-state index >= 15 is 0 Å². The highest BCUT2D eigenvalue weighted by atomic mass is 32.1. The second kappa shape index (κ2) is 8.18. The molecule has 1 aliphatic rings. The maximum absolute atomic E-state index is 11.5. The fourth-order valence-corrected chi connectivity index (χ4v) is 1.95. The third-order valence-electron chi connectivity index (χ3n) is 2.87. The summed E-state index contributed by atoms with van der Waals surface area (Å²) in [6.45, 7) is 0.784. The molecule has 2 rings (SSSR count). The number of methoxy groups -OCH3 is 1. The topological polar surface area (TPSA) is 97.9 Å². The Kier molecular flexibility index (Phi) is 5.98. The summed E-state index contributed by atoms with van der Waals surface area (Å²) in [5.41, 5.74) is 0.710. The van der Waals surface area contributed by atoms with Crippen molar-refractivity contribution >= 4 is 34.9 Å². The summed E-state index contributed by atoms with van der Waals surface area (Å²) in [6.07, 6.45) is 0. The number of carbonyl (C=O) groups is 2. The molecule has 0 radical (unpaired) electrons. The maximum atomic E-state index is 11.5. The minimum atomic E-state index is -0.518. The molecule has 0 aromatic heterocycles. The van der Waals surface area contributed by atoms with Crippen LogP contribution < -0.4 is 25.4 Å². The fraction of sp³-hybridized carbons (Fsp3) is 0.357. The van der Waals surface area contributed by atoms with Gasteiger partial charge in [0.2, 0.25) is 5.91 Å². The average Bonchev–Trinajstić information content (AvgIpc) is 2.57. The van der Waals surface area contributed by atoms with Gasteiger partial charge in [-0.3, -0.25) is 9.59 Å². The van der Waals surface area contributed by atoms with Crippen LogP contribution >= 0.6 is 12.2 Å². The van der Waals surface area contributed by atoms with Gasteiger partial charge < -0.3 is 30.2 Å². The molecule has 0 spiro atoms. The number of nitrogens with one attached hydrogen (secondary N) is 3. The number of ether oxygens (including phenoxy) is 3. The van der Waals surface area contributed by atoms with Gasteiger partial charge in [-0.15, -0.1) is 0 Å². The summed E-state index contributed by atoms with van der Waals surface area (Å²) in [5.74, 6) is 0.430. The van der Waals surface area contributed by atoms with Crippen molar-refractivity contribution in [1.29, 1.82) is 0 Å². The zero-order chi connectivity index (χ0) is 16.7. The monoisotopic (exact) mass is 339 g/mol. The van der Waals surface area contributed by atoms with E-state index in [-0.39, 0.29) is 24.1 Å². The molecule has 1 amide bonds. The van der Waals surface area contributed by atoms with Crippen LogP contribution in [0.25, 0.3) is 0 Å². The van der Waals surface area contributed by atoms with Gasteiger partial charge in [0, 0.05) is 11.8 Å². The van der Waals surface area contributed by atoms with Crippen LogP contribution in [0.3, 0.4) is 0 Å². The minimum Gasteiger partial charge on any atom is -0.486 e. The first-order chi connectivity index (χ1) is 11.1. The van der Waals surface area contributed by atoms with Gasteiger partial charge >= 0.3 is 5.97 Å². The van der Waals surface area contributed by atoms with Crippen LogP contribution in [0, 0.1) is 0 Å². The molecule has 0 aliphatic carbocycles. The largest absolute Gasteiger partial charge is 0.486 e. The highest BCUT2D eigenvalue weighted by Gasteiger charge is 2.12. The van der Waals surface area contributed by atoms with Gasteiger partial charge in [-0.2, -0.15) is 0 Å². The lowest BCUT2D eigenvalue weighted by Crippen LogP contribution is -2.40. The standard InChI is InChI=1S/C14H17N3O5S/c1-20-13(19)8-15-12(18)7-16-14(23)17-9-2-3-10-11(6-9)22-5-4-21-10/h2-3,6H,4-5,7-8H2,1H3,(H,15,18)(H2,16,17,23). The van der Waals surface area contributed by atoms with Crippen molar-refractivity contribution in [2.45, 2.75) is 0 Å². The van der Waals surface area contributed by atoms with Crippen LogP contribution in [0.15, 0.2) is 18.2 Å². The fourth-order valence-electron chi connectivity index (χ4n) is 1.76. The molecular weight excluding hydrogens is 322 g/mol. The Hall–Kier alpha value is -2.55. The van der Waals surface area contributed by atoms with Gasteiger partial charge in [0.15, 0.2) is 16.6 Å². The van der Waals surface area contributed by atoms with Crippen molar-refractivity contribution in [3.63, 3.8) is 0 Å². The van der Waals surface area contributed by atoms with Gasteiger partial charge in [-0.05, 0) is 24.4 Å². The van der Waals surface area contributed by atoms with Crippen LogP contribution in [0.1, 0.15) is 0 Å². The molecule has 0 saturated carbocycles. The number of thiocarbonyl (C=S) groups is 1. The third kappa shape index (κ3) is 5.29. The van der Waals surface area contributed by atoms with Crippen LogP contribution in [0.2, 0.25) is 0 Å². The molecule has 9 heteroatoms. The van der Waals surface area contributed by atoms with E-state index in [1.165, 1.54) is 7.11 Å². The van der Waals surface area contributed by atoms with Crippen molar-refractivity contribution in [2.24, 2.45) is 0 Å². The SMILES string of the molecule is COC(=O)CNC(=O)CNC(=S)Nc1ccc2c(c1)OCCO2. The average molecular weight is 339 g/mol. The number of anilines is 1. The van der Waals surface area contributed by atoms with Crippen LogP contribution in [-0.4, -0.2) is 50.4 Å². The summed E-state index contributed by atoms with van der Waals surface area (Å²) in [5, 5.41) is 8.34. The van der Waals surface area contributed by atoms with E-state index in [4.69, 9.17) is 21.7 Å². The first-order valence-electron chi connectivity index (χ1n) is 6.86. The van der Waals surface area contributed by atoms with Crippen molar-refractivity contribution in [1.82, 2.24) is 10.6 Å². The molecule has 0 bridgehead atoms. The second-order valence-electron chi connectivity index (χ2n) is 4.52. The molecule has 1 heterocycles. The van der Waals surface area contributed by atoms with Crippen molar-refractivity contribution in [3.05, 3.63) is 18.2 Å². The zero-order valence-electron chi connectivity index (χ0n) is 12.5. The molecule has 0 fully saturated rings. The molecule has 8 nitrogen and oxygen atoms in total. The van der Waals surface area contributed by atoms with E-state index in [0.717, 1.165) is 0 Å². The van der Waals surface area contributed by atoms with Gasteiger partial charge in [-0.1, -0.05) is 0 Å². The highest BCUT2D eigenvalue weighted by Crippen LogP contribution is 2.32. The maximum Gasteiger partial charge on any atom is 0.325 e. The highest BCUT2D eigenvalue weighted by molar-refractivity contribution is 7.80. The Morgan fingerprint density at radius 3 is 2.65 bits per heavy atom. The van der Waals surface area contributed by atoms with Gasteiger partial charge in [0.05, 0.1) is 13.7 Å². The number of carbonyl (C=O) groups excluding carboxylic acids is 2. The number of benzene rings is 1. The molecule has 0 saturated heterocycles. The van der Waals surface area contributed by atoms with Gasteiger partial charge in [0.25, 0.3) is 0 Å². The van der Waals surface area contributed by atoms with E-state index in [0.29, 0.717) is 30.4 Å². The molecule has 23 heavy (non-hydrogen) atoms. The number of fused-ring (bicyclic) bond motifs is 1. The van der Waals surface area contributed by atoms with Crippen LogP contribution in [-0.2, 0) is 14.3 Å². The molecule has 1 aliphatic heterocycles. The van der Waals surface area contributed by atoms with Crippen LogP contribution in [0.4, 0.5) is 5.69 Å². The van der Waals surface area contributed by atoms with Gasteiger partial charge in [-0.25, -0.2) is 0 Å². The number of esters is 1. The predicted octanol–water partition coefficient (Wildman–Crippen LogP) is 0.0334. The van der Waals surface area contributed by atoms with Crippen molar-refractivity contribution < 1.29 is 23.8 Å². The number of rotatable bonds is 5. The summed E-state index contributed by atoms with van der Waals surface area (Å²) in [6, 6.07) is 5.33. The summed E-state index contributed by atoms with van der Waals surface area (Å²) < 4.78 is 15.3. The van der Waals surface area contributed by atoms with E-state index in [9.17, 15) is 9.59 Å².